The highest BCUT2D eigenvalue weighted by Crippen LogP contribution is 2.30. The molecular formula is C11H17N5OS. The number of aliphatic hydroxyl groups excluding tert-OH is 1. The standard InChI is InChI=1S/C11H17N5OS/c1-2-7-6-8-9(13-4-3-5-17)14-11(16-12)15-10(8)18-7/h6,17H,2-5,12H2,1H3,(H2,13,14,15,16). The minimum absolute atomic E-state index is 0.160. The molecule has 0 atom stereocenters. The van der Waals surface area contributed by atoms with Crippen LogP contribution in [0, 0.1) is 0 Å². The number of hydrogen-bond donors (Lipinski definition) is 4. The van der Waals surface area contributed by atoms with Gasteiger partial charge in [-0.15, -0.1) is 11.3 Å². The molecule has 0 aliphatic heterocycles. The summed E-state index contributed by atoms with van der Waals surface area (Å²) in [5.41, 5.74) is 2.47. The summed E-state index contributed by atoms with van der Waals surface area (Å²) in [7, 11) is 0. The summed E-state index contributed by atoms with van der Waals surface area (Å²) in [5, 5.41) is 13.0. The maximum Gasteiger partial charge on any atom is 0.240 e. The number of hydrazine groups is 1. The zero-order chi connectivity index (χ0) is 13.0. The predicted molar refractivity (Wildman–Crippen MR) is 74.8 cm³/mol. The SMILES string of the molecule is CCc1cc2c(NCCCO)nc(NN)nc2s1. The molecule has 0 amide bonds. The topological polar surface area (TPSA) is 96.1 Å². The fourth-order valence-electron chi connectivity index (χ4n) is 1.63. The van der Waals surface area contributed by atoms with E-state index in [1.807, 2.05) is 0 Å². The van der Waals surface area contributed by atoms with Crippen molar-refractivity contribution in [2.45, 2.75) is 19.8 Å². The first kappa shape index (κ1) is 13.0. The van der Waals surface area contributed by atoms with E-state index in [9.17, 15) is 0 Å². The van der Waals surface area contributed by atoms with Crippen LogP contribution in [0.4, 0.5) is 11.8 Å². The second-order valence-electron chi connectivity index (χ2n) is 3.83. The summed E-state index contributed by atoms with van der Waals surface area (Å²) in [5.74, 6) is 6.53. The Balaban J connectivity index is 2.37. The average Bonchev–Trinajstić information content (AvgIpc) is 2.81. The number of aryl methyl sites for hydroxylation is 1. The van der Waals surface area contributed by atoms with E-state index < -0.39 is 0 Å². The first-order valence-corrected chi connectivity index (χ1v) is 6.72. The van der Waals surface area contributed by atoms with E-state index >= 15 is 0 Å². The highest BCUT2D eigenvalue weighted by molar-refractivity contribution is 7.18. The van der Waals surface area contributed by atoms with Gasteiger partial charge in [0.15, 0.2) is 0 Å². The molecule has 0 saturated carbocycles. The number of nitrogens with zero attached hydrogens (tertiary/aromatic N) is 2. The molecular weight excluding hydrogens is 250 g/mol. The molecule has 0 aliphatic carbocycles. The number of rotatable bonds is 6. The largest absolute Gasteiger partial charge is 0.396 e. The van der Waals surface area contributed by atoms with Crippen molar-refractivity contribution < 1.29 is 5.11 Å². The third-order valence-electron chi connectivity index (χ3n) is 2.55. The highest BCUT2D eigenvalue weighted by atomic mass is 32.1. The van der Waals surface area contributed by atoms with Gasteiger partial charge in [0.1, 0.15) is 10.6 Å². The normalized spacial score (nSPS) is 10.8. The smallest absolute Gasteiger partial charge is 0.240 e. The molecule has 2 rings (SSSR count). The number of aliphatic hydroxyl groups is 1. The average molecular weight is 267 g/mol. The Hall–Kier alpha value is -1.44. The van der Waals surface area contributed by atoms with E-state index in [2.05, 4.69) is 33.7 Å². The number of nitrogens with two attached hydrogens (primary N) is 1. The number of anilines is 2. The van der Waals surface area contributed by atoms with E-state index in [-0.39, 0.29) is 6.61 Å². The van der Waals surface area contributed by atoms with E-state index in [0.29, 0.717) is 18.9 Å². The number of nitrogen functional groups attached to an aromatic ring is 1. The van der Waals surface area contributed by atoms with Crippen molar-refractivity contribution in [2.75, 3.05) is 23.9 Å². The van der Waals surface area contributed by atoms with Crippen LogP contribution in [0.2, 0.25) is 0 Å². The molecule has 0 aromatic carbocycles. The van der Waals surface area contributed by atoms with E-state index in [0.717, 1.165) is 22.5 Å². The zero-order valence-electron chi connectivity index (χ0n) is 10.2. The van der Waals surface area contributed by atoms with Crippen LogP contribution < -0.4 is 16.6 Å². The van der Waals surface area contributed by atoms with Crippen molar-refractivity contribution >= 4 is 33.3 Å². The van der Waals surface area contributed by atoms with Crippen LogP contribution >= 0.6 is 11.3 Å². The van der Waals surface area contributed by atoms with Crippen molar-refractivity contribution in [3.63, 3.8) is 0 Å². The molecule has 2 aromatic heterocycles. The molecule has 7 heteroatoms. The minimum atomic E-state index is 0.160. The van der Waals surface area contributed by atoms with Crippen LogP contribution in [0.25, 0.3) is 10.2 Å². The second kappa shape index (κ2) is 5.94. The van der Waals surface area contributed by atoms with Gasteiger partial charge in [0, 0.05) is 18.0 Å². The summed E-state index contributed by atoms with van der Waals surface area (Å²) >= 11 is 1.64. The Bertz CT molecular complexity index is 527. The van der Waals surface area contributed by atoms with Gasteiger partial charge in [-0.1, -0.05) is 6.92 Å². The maximum atomic E-state index is 8.80. The Morgan fingerprint density at radius 2 is 2.28 bits per heavy atom. The Morgan fingerprint density at radius 3 is 2.94 bits per heavy atom. The molecule has 98 valence electrons. The summed E-state index contributed by atoms with van der Waals surface area (Å²) in [6.45, 7) is 2.94. The van der Waals surface area contributed by atoms with E-state index in [1.165, 1.54) is 4.88 Å². The molecule has 0 aliphatic rings. The summed E-state index contributed by atoms with van der Waals surface area (Å²) in [6, 6.07) is 2.10. The molecule has 0 saturated heterocycles. The van der Waals surface area contributed by atoms with Crippen LogP contribution in [-0.4, -0.2) is 28.2 Å². The van der Waals surface area contributed by atoms with Gasteiger partial charge >= 0.3 is 0 Å². The van der Waals surface area contributed by atoms with Crippen molar-refractivity contribution in [3.8, 4) is 0 Å². The van der Waals surface area contributed by atoms with Gasteiger partial charge in [0.25, 0.3) is 0 Å². The minimum Gasteiger partial charge on any atom is -0.396 e. The van der Waals surface area contributed by atoms with Crippen LogP contribution in [0.1, 0.15) is 18.2 Å². The molecule has 0 spiro atoms. The highest BCUT2D eigenvalue weighted by Gasteiger charge is 2.10. The molecule has 6 nitrogen and oxygen atoms in total. The summed E-state index contributed by atoms with van der Waals surface area (Å²) < 4.78 is 0. The Kier molecular flexibility index (Phi) is 4.29. The van der Waals surface area contributed by atoms with Gasteiger partial charge in [0.05, 0.1) is 5.39 Å². The Morgan fingerprint density at radius 1 is 1.44 bits per heavy atom. The quantitative estimate of drug-likeness (QED) is 0.358. The molecule has 2 aromatic rings. The summed E-state index contributed by atoms with van der Waals surface area (Å²) in [6.07, 6.45) is 1.66. The molecule has 2 heterocycles. The zero-order valence-corrected chi connectivity index (χ0v) is 11.0. The lowest BCUT2D eigenvalue weighted by Crippen LogP contribution is -2.12. The second-order valence-corrected chi connectivity index (χ2v) is 4.94. The van der Waals surface area contributed by atoms with Gasteiger partial charge in [-0.25, -0.2) is 10.8 Å². The van der Waals surface area contributed by atoms with Crippen molar-refractivity contribution in [1.29, 1.82) is 0 Å². The summed E-state index contributed by atoms with van der Waals surface area (Å²) in [4.78, 5) is 10.8. The van der Waals surface area contributed by atoms with Crippen LogP contribution in [0.15, 0.2) is 6.07 Å². The van der Waals surface area contributed by atoms with E-state index in [1.54, 1.807) is 11.3 Å². The molecule has 0 bridgehead atoms. The van der Waals surface area contributed by atoms with Crippen LogP contribution in [-0.2, 0) is 6.42 Å². The number of nitrogens with one attached hydrogen (secondary N) is 2. The molecule has 0 radical (unpaired) electrons. The van der Waals surface area contributed by atoms with Crippen LogP contribution in [0.3, 0.4) is 0 Å². The lowest BCUT2D eigenvalue weighted by molar-refractivity contribution is 0.292. The third-order valence-corrected chi connectivity index (χ3v) is 3.72. The van der Waals surface area contributed by atoms with Gasteiger partial charge in [-0.2, -0.15) is 4.98 Å². The molecule has 0 unspecified atom stereocenters. The predicted octanol–water partition coefficient (Wildman–Crippen LogP) is 1.33. The monoisotopic (exact) mass is 267 g/mol. The lowest BCUT2D eigenvalue weighted by atomic mass is 10.3. The van der Waals surface area contributed by atoms with Crippen molar-refractivity contribution in [1.82, 2.24) is 9.97 Å². The number of hydrogen-bond acceptors (Lipinski definition) is 7. The fraction of sp³-hybridized carbons (Fsp3) is 0.455. The van der Waals surface area contributed by atoms with Crippen molar-refractivity contribution in [2.24, 2.45) is 5.84 Å². The third kappa shape index (κ3) is 2.69. The lowest BCUT2D eigenvalue weighted by Gasteiger charge is -2.07. The number of thiophene rings is 1. The van der Waals surface area contributed by atoms with Gasteiger partial charge in [-0.3, -0.25) is 5.43 Å². The van der Waals surface area contributed by atoms with E-state index in [4.69, 9.17) is 10.9 Å². The number of aromatic nitrogens is 2. The first-order chi connectivity index (χ1) is 8.78. The fourth-order valence-corrected chi connectivity index (χ4v) is 2.60. The number of fused-ring (bicyclic) bond motifs is 1. The van der Waals surface area contributed by atoms with Gasteiger partial charge in [0.2, 0.25) is 5.95 Å². The molecule has 0 fully saturated rings. The molecule has 5 N–H and O–H groups in total. The first-order valence-electron chi connectivity index (χ1n) is 5.90. The Labute approximate surface area is 109 Å². The van der Waals surface area contributed by atoms with Crippen molar-refractivity contribution in [3.05, 3.63) is 10.9 Å². The van der Waals surface area contributed by atoms with Gasteiger partial charge in [-0.05, 0) is 18.9 Å². The van der Waals surface area contributed by atoms with Crippen LogP contribution in [0.5, 0.6) is 0 Å². The van der Waals surface area contributed by atoms with Gasteiger partial charge < -0.3 is 10.4 Å². The molecule has 18 heavy (non-hydrogen) atoms. The maximum absolute atomic E-state index is 8.80.